The van der Waals surface area contributed by atoms with Gasteiger partial charge in [0.05, 0.1) is 30.9 Å². The van der Waals surface area contributed by atoms with E-state index in [4.69, 9.17) is 5.73 Å². The lowest BCUT2D eigenvalue weighted by Gasteiger charge is -2.28. The maximum Gasteiger partial charge on any atom is 0.416 e. The van der Waals surface area contributed by atoms with Crippen molar-refractivity contribution in [2.45, 2.75) is 64.5 Å². The molecule has 2 heterocycles. The standard InChI is InChI=1S/C35H37F3N6O3/c1-21(2)32(39)33(46)43-29-13-11-24-15-26(35(36,37)38)12-14-30(24)44(34(29)47)19-22-7-9-23(10-8-22)28-6-4-3-5-25(28)17-41-31(45)16-27-18-40-20-42-27/h3-10,12,14-15,18,20-21,29,32H,11,13,16-17,19,39H2,1-2H3,(H,40,42)(H,41,45)(H,43,46)/t29-,32?/m1/s1. The number of hydrogen-bond donors (Lipinski definition) is 4. The average molecular weight is 647 g/mol. The molecule has 2 atom stereocenters. The van der Waals surface area contributed by atoms with E-state index in [9.17, 15) is 27.6 Å². The summed E-state index contributed by atoms with van der Waals surface area (Å²) >= 11 is 0. The summed E-state index contributed by atoms with van der Waals surface area (Å²) in [5, 5.41) is 5.68. The Morgan fingerprint density at radius 2 is 1.83 bits per heavy atom. The molecule has 0 saturated carbocycles. The van der Waals surface area contributed by atoms with E-state index >= 15 is 0 Å². The zero-order valence-electron chi connectivity index (χ0n) is 26.1. The maximum absolute atomic E-state index is 13.9. The summed E-state index contributed by atoms with van der Waals surface area (Å²) in [6.07, 6.45) is -0.937. The Hall–Kier alpha value is -4.97. The van der Waals surface area contributed by atoms with E-state index in [0.29, 0.717) is 23.5 Å². The van der Waals surface area contributed by atoms with Gasteiger partial charge in [0, 0.05) is 24.1 Å². The number of halogens is 3. The summed E-state index contributed by atoms with van der Waals surface area (Å²) in [4.78, 5) is 47.4. The van der Waals surface area contributed by atoms with Crippen LogP contribution in [-0.2, 0) is 46.5 Å². The van der Waals surface area contributed by atoms with Crippen molar-refractivity contribution in [1.29, 1.82) is 0 Å². The third-order valence-corrected chi connectivity index (χ3v) is 8.31. The average Bonchev–Trinajstić information content (AvgIpc) is 3.52. The minimum atomic E-state index is -4.54. The second-order valence-electron chi connectivity index (χ2n) is 12.0. The van der Waals surface area contributed by atoms with E-state index in [2.05, 4.69) is 20.6 Å². The number of H-pyrrole nitrogens is 1. The fourth-order valence-electron chi connectivity index (χ4n) is 5.56. The molecule has 4 aromatic rings. The Morgan fingerprint density at radius 1 is 1.09 bits per heavy atom. The van der Waals surface area contributed by atoms with Crippen LogP contribution in [0.4, 0.5) is 18.9 Å². The fraction of sp³-hybridized carbons (Fsp3) is 0.314. The molecule has 0 spiro atoms. The van der Waals surface area contributed by atoms with Crippen LogP contribution in [0.25, 0.3) is 11.1 Å². The van der Waals surface area contributed by atoms with Gasteiger partial charge in [-0.15, -0.1) is 0 Å². The number of aromatic nitrogens is 2. The maximum atomic E-state index is 13.9. The SMILES string of the molecule is CC(C)C(N)C(=O)N[C@@H]1CCc2cc(C(F)(F)F)ccc2N(Cc2ccc(-c3ccccc3CNC(=O)Cc3cnc[nH]3)cc2)C1=O. The number of nitrogens with two attached hydrogens (primary N) is 1. The van der Waals surface area contributed by atoms with Crippen LogP contribution in [-0.4, -0.2) is 39.8 Å². The Balaban J connectivity index is 1.37. The van der Waals surface area contributed by atoms with Crippen LogP contribution < -0.4 is 21.3 Å². The summed E-state index contributed by atoms with van der Waals surface area (Å²) in [5.41, 5.74) is 10.1. The molecule has 9 nitrogen and oxygen atoms in total. The van der Waals surface area contributed by atoms with Gasteiger partial charge in [0.2, 0.25) is 17.7 Å². The first kappa shape index (κ1) is 33.4. The number of imidazole rings is 1. The van der Waals surface area contributed by atoms with Crippen LogP contribution in [0.1, 0.15) is 48.2 Å². The minimum absolute atomic E-state index is 0.0748. The highest BCUT2D eigenvalue weighted by Crippen LogP contribution is 2.36. The molecule has 0 aliphatic carbocycles. The molecule has 1 aliphatic rings. The van der Waals surface area contributed by atoms with Crippen LogP contribution in [0.5, 0.6) is 0 Å². The molecule has 0 radical (unpaired) electrons. The number of alkyl halides is 3. The number of aromatic amines is 1. The van der Waals surface area contributed by atoms with Crippen molar-refractivity contribution in [3.8, 4) is 11.1 Å². The van der Waals surface area contributed by atoms with E-state index in [-0.39, 0.29) is 37.6 Å². The first-order valence-corrected chi connectivity index (χ1v) is 15.4. The van der Waals surface area contributed by atoms with Gasteiger partial charge in [0.25, 0.3) is 0 Å². The Bertz CT molecular complexity index is 1720. The number of nitrogens with one attached hydrogen (secondary N) is 3. The molecule has 246 valence electrons. The third-order valence-electron chi connectivity index (χ3n) is 8.31. The lowest BCUT2D eigenvalue weighted by Crippen LogP contribution is -2.53. The van der Waals surface area contributed by atoms with Gasteiger partial charge in [-0.25, -0.2) is 4.98 Å². The van der Waals surface area contributed by atoms with Crippen LogP contribution >= 0.6 is 0 Å². The summed E-state index contributed by atoms with van der Waals surface area (Å²) in [5.74, 6) is -1.22. The molecule has 5 rings (SSSR count). The molecular formula is C35H37F3N6O3. The van der Waals surface area contributed by atoms with Gasteiger partial charge >= 0.3 is 6.18 Å². The largest absolute Gasteiger partial charge is 0.416 e. The molecule has 5 N–H and O–H groups in total. The lowest BCUT2D eigenvalue weighted by molar-refractivity contribution is -0.137. The Labute approximate surface area is 270 Å². The van der Waals surface area contributed by atoms with Gasteiger partial charge in [-0.3, -0.25) is 14.4 Å². The van der Waals surface area contributed by atoms with E-state index in [1.54, 1.807) is 20.0 Å². The monoisotopic (exact) mass is 646 g/mol. The van der Waals surface area contributed by atoms with Gasteiger partial charge in [0.1, 0.15) is 6.04 Å². The van der Waals surface area contributed by atoms with Crippen molar-refractivity contribution in [1.82, 2.24) is 20.6 Å². The highest BCUT2D eigenvalue weighted by molar-refractivity contribution is 6.01. The van der Waals surface area contributed by atoms with Gasteiger partial charge in [-0.1, -0.05) is 62.4 Å². The normalized spacial score (nSPS) is 15.6. The molecule has 12 heteroatoms. The van der Waals surface area contributed by atoms with Crippen molar-refractivity contribution in [2.75, 3.05) is 4.90 Å². The number of aryl methyl sites for hydroxylation is 1. The number of carbonyl (C=O) groups excluding carboxylic acids is 3. The molecule has 3 aromatic carbocycles. The number of anilines is 1. The molecule has 1 aromatic heterocycles. The fourth-order valence-corrected chi connectivity index (χ4v) is 5.56. The Kier molecular flexibility index (Phi) is 10.1. The molecule has 47 heavy (non-hydrogen) atoms. The van der Waals surface area contributed by atoms with Crippen molar-refractivity contribution in [3.63, 3.8) is 0 Å². The highest BCUT2D eigenvalue weighted by atomic mass is 19.4. The minimum Gasteiger partial charge on any atom is -0.352 e. The molecule has 1 aliphatic heterocycles. The number of nitrogens with zero attached hydrogens (tertiary/aromatic N) is 2. The third kappa shape index (κ3) is 8.07. The highest BCUT2D eigenvalue weighted by Gasteiger charge is 2.36. The van der Waals surface area contributed by atoms with Gasteiger partial charge < -0.3 is 26.3 Å². The number of amides is 3. The van der Waals surface area contributed by atoms with Gasteiger partial charge in [-0.05, 0) is 64.8 Å². The number of rotatable bonds is 10. The lowest BCUT2D eigenvalue weighted by atomic mass is 9.98. The molecule has 1 unspecified atom stereocenters. The zero-order chi connectivity index (χ0) is 33.7. The number of carbonyl (C=O) groups is 3. The van der Waals surface area contributed by atoms with Gasteiger partial charge in [0.15, 0.2) is 0 Å². The number of benzene rings is 3. The Morgan fingerprint density at radius 3 is 2.51 bits per heavy atom. The van der Waals surface area contributed by atoms with E-state index < -0.39 is 35.6 Å². The number of hydrogen-bond acceptors (Lipinski definition) is 5. The predicted octanol–water partition coefficient (Wildman–Crippen LogP) is 4.90. The van der Waals surface area contributed by atoms with E-state index in [1.807, 2.05) is 48.5 Å². The molecule has 0 saturated heterocycles. The molecule has 3 amide bonds. The van der Waals surface area contributed by atoms with Crippen molar-refractivity contribution >= 4 is 23.4 Å². The zero-order valence-corrected chi connectivity index (χ0v) is 26.1. The van der Waals surface area contributed by atoms with Crippen molar-refractivity contribution in [3.05, 3.63) is 107 Å². The smallest absolute Gasteiger partial charge is 0.352 e. The van der Waals surface area contributed by atoms with Crippen LogP contribution in [0.2, 0.25) is 0 Å². The first-order chi connectivity index (χ1) is 22.4. The van der Waals surface area contributed by atoms with Crippen LogP contribution in [0.15, 0.2) is 79.3 Å². The van der Waals surface area contributed by atoms with Crippen LogP contribution in [0, 0.1) is 5.92 Å². The number of fused-ring (bicyclic) bond motifs is 1. The first-order valence-electron chi connectivity index (χ1n) is 15.4. The summed E-state index contributed by atoms with van der Waals surface area (Å²) < 4.78 is 40.8. The summed E-state index contributed by atoms with van der Waals surface area (Å²) in [6, 6.07) is 16.8. The summed E-state index contributed by atoms with van der Waals surface area (Å²) in [6.45, 7) is 3.98. The molecule has 0 fully saturated rings. The quantitative estimate of drug-likeness (QED) is 0.195. The predicted molar refractivity (Wildman–Crippen MR) is 172 cm³/mol. The van der Waals surface area contributed by atoms with Gasteiger partial charge in [-0.2, -0.15) is 13.2 Å². The molecule has 0 bridgehead atoms. The van der Waals surface area contributed by atoms with Crippen molar-refractivity contribution < 1.29 is 27.6 Å². The van der Waals surface area contributed by atoms with Crippen molar-refractivity contribution in [2.24, 2.45) is 11.7 Å². The molecular weight excluding hydrogens is 609 g/mol. The van der Waals surface area contributed by atoms with E-state index in [0.717, 1.165) is 34.4 Å². The van der Waals surface area contributed by atoms with Crippen LogP contribution in [0.3, 0.4) is 0 Å². The second kappa shape index (κ2) is 14.2. The second-order valence-corrected chi connectivity index (χ2v) is 12.0. The topological polar surface area (TPSA) is 133 Å². The van der Waals surface area contributed by atoms with E-state index in [1.165, 1.54) is 17.3 Å². The summed E-state index contributed by atoms with van der Waals surface area (Å²) in [7, 11) is 0.